The molecule has 0 aliphatic carbocycles. The number of alkyl carbamates (subject to hydrolysis) is 2. The molecule has 0 spiro atoms. The normalized spacial score (nSPS) is 14.8. The van der Waals surface area contributed by atoms with Gasteiger partial charge in [-0.2, -0.15) is 13.2 Å². The molecular formula is C93H138F3N13O19. The number of nitrogens with zero attached hydrogens (tertiary/aromatic N) is 2. The van der Waals surface area contributed by atoms with Gasteiger partial charge in [-0.25, -0.2) is 19.2 Å². The lowest BCUT2D eigenvalue weighted by atomic mass is 9.86. The van der Waals surface area contributed by atoms with Crippen LogP contribution in [0.3, 0.4) is 0 Å². The van der Waals surface area contributed by atoms with Crippen molar-refractivity contribution in [1.82, 2.24) is 52.3 Å². The summed E-state index contributed by atoms with van der Waals surface area (Å²) in [6.45, 7) is 25.2. The number of aliphatic carboxylic acids is 2. The molecule has 8 atom stereocenters. The number of carboxylic acids is 2. The predicted molar refractivity (Wildman–Crippen MR) is 477 cm³/mol. The van der Waals surface area contributed by atoms with Gasteiger partial charge in [-0.3, -0.25) is 52.7 Å². The molecule has 710 valence electrons. The molecule has 2 saturated heterocycles. The molecule has 2 fully saturated rings. The van der Waals surface area contributed by atoms with E-state index in [2.05, 4.69) is 42.5 Å². The molecule has 2 aliphatic rings. The van der Waals surface area contributed by atoms with E-state index in [4.69, 9.17) is 36.6 Å². The maximum atomic E-state index is 14.1. The Labute approximate surface area is 749 Å². The van der Waals surface area contributed by atoms with Crippen LogP contribution < -0.4 is 59.7 Å². The summed E-state index contributed by atoms with van der Waals surface area (Å²) in [7, 11) is 0. The van der Waals surface area contributed by atoms with Crippen molar-refractivity contribution in [3.63, 3.8) is 0 Å². The second-order valence-corrected chi connectivity index (χ2v) is 34.9. The molecule has 4 aromatic carbocycles. The minimum absolute atomic E-state index is 0.00815. The van der Waals surface area contributed by atoms with Crippen molar-refractivity contribution < 1.29 is 105 Å². The summed E-state index contributed by atoms with van der Waals surface area (Å²) in [5.74, 6) is -10.4. The number of nitrogens with one attached hydrogen (secondary N) is 8. The van der Waals surface area contributed by atoms with Gasteiger partial charge in [-0.05, 0) is 198 Å². The van der Waals surface area contributed by atoms with Gasteiger partial charge in [-0.15, -0.1) is 0 Å². The van der Waals surface area contributed by atoms with Crippen molar-refractivity contribution >= 4 is 88.7 Å². The van der Waals surface area contributed by atoms with Gasteiger partial charge in [0, 0.05) is 89.4 Å². The van der Waals surface area contributed by atoms with Crippen molar-refractivity contribution in [3.8, 4) is 0 Å². The Morgan fingerprint density at radius 3 is 1.20 bits per heavy atom. The van der Waals surface area contributed by atoms with E-state index in [0.717, 1.165) is 35.1 Å². The summed E-state index contributed by atoms with van der Waals surface area (Å²) >= 11 is 0. The smallest absolute Gasteiger partial charge is 0.480 e. The Bertz CT molecular complexity index is 4140. The van der Waals surface area contributed by atoms with E-state index in [1.54, 1.807) is 60.3 Å². The molecule has 2 aliphatic heterocycles. The standard InChI is InChI=1S/C41H60N6O6.C41H60N4O9.C9H17N3O2.C2HF3O2/c1-4-44-40(52)41(53)47-21-18-31(19-22-47)26-36(48)34(17-11-12-20-42)45-38(50)32(23-28(2)3)27-37(49)35(25-30-15-9-6-10-16-30)46-39(51)33(43)24-29-13-7-5-8-14-29;1-27(2)23-30(35(47)43-31(37(49)50)21-15-16-22-42-38(51)53-40(3,4)5)26-34(46)32(24-28-17-11-9-12-18-28)44-36(48)33(25-29-19-13-10-14-20-29)45-39(52)54-41(6,7)8;1-2-11-8(13)9(14)12-5-3-7(10)4-6-12;3-2(4,5)1(6)7/h5-10,13-16,28,31-35H,4,11-12,17-27,42-43H2,1-3H3,(H,44,52)(H,45,50)(H,46,51);9-14,17-20,27,30-33H,15-16,21-26H2,1-8H3,(H,42,51)(H,43,47)(H,44,48)(H,45,52)(H,49,50);7H,2-6,10H2,1H3,(H,11,13);(H,6,7)/t32-,33+,34+,35+;30-,31+,32+,33+;;/m00../s1. The number of Topliss-reactive ketones (excluding diaryl/α,β-unsaturated/α-hetero) is 3. The fraction of sp³-hybridized carbons (Fsp3) is 0.581. The zero-order chi connectivity index (χ0) is 95.9. The van der Waals surface area contributed by atoms with Gasteiger partial charge >= 0.3 is 53.9 Å². The number of carbonyl (C=O) groups excluding carboxylic acids is 13. The largest absolute Gasteiger partial charge is 0.490 e. The maximum absolute atomic E-state index is 14.1. The van der Waals surface area contributed by atoms with Gasteiger partial charge in [0.2, 0.25) is 23.6 Å². The van der Waals surface area contributed by atoms with Crippen LogP contribution in [-0.4, -0.2) is 221 Å². The average Bonchev–Trinajstić information content (AvgIpc) is 0.850. The van der Waals surface area contributed by atoms with Crippen LogP contribution in [0.15, 0.2) is 121 Å². The van der Waals surface area contributed by atoms with Crippen LogP contribution in [0, 0.1) is 29.6 Å². The number of piperidine rings is 2. The number of unbranched alkanes of at least 4 members (excludes halogenated alkanes) is 2. The van der Waals surface area contributed by atoms with E-state index in [1.165, 1.54) is 4.90 Å². The van der Waals surface area contributed by atoms with E-state index in [1.807, 2.05) is 149 Å². The topological polar surface area (TPSA) is 496 Å². The highest BCUT2D eigenvalue weighted by Gasteiger charge is 2.40. The van der Waals surface area contributed by atoms with Gasteiger partial charge in [0.15, 0.2) is 17.3 Å². The predicted octanol–water partition coefficient (Wildman–Crippen LogP) is 8.29. The summed E-state index contributed by atoms with van der Waals surface area (Å²) in [6.07, 6.45) is 0.403. The molecule has 10 amide bonds. The van der Waals surface area contributed by atoms with Gasteiger partial charge in [0.25, 0.3) is 0 Å². The molecule has 35 heteroatoms. The Balaban J connectivity index is 0.000000536. The third kappa shape index (κ3) is 46.0. The van der Waals surface area contributed by atoms with Crippen molar-refractivity contribution in [2.45, 2.75) is 265 Å². The number of carboxylic acid groups (broad SMARTS) is 2. The number of benzene rings is 4. The first kappa shape index (κ1) is 111. The van der Waals surface area contributed by atoms with Crippen LogP contribution in [0.4, 0.5) is 22.8 Å². The lowest BCUT2D eigenvalue weighted by Crippen LogP contribution is -2.54. The molecule has 0 aromatic heterocycles. The van der Waals surface area contributed by atoms with Crippen molar-refractivity contribution in [2.24, 2.45) is 46.8 Å². The number of carbonyl (C=O) groups is 15. The van der Waals surface area contributed by atoms with E-state index in [0.29, 0.717) is 110 Å². The highest BCUT2D eigenvalue weighted by Crippen LogP contribution is 2.26. The number of hydrogen-bond donors (Lipinski definition) is 13. The first-order valence-electron chi connectivity index (χ1n) is 44.0. The molecule has 128 heavy (non-hydrogen) atoms. The first-order valence-corrected chi connectivity index (χ1v) is 44.0. The van der Waals surface area contributed by atoms with Crippen molar-refractivity contribution in [3.05, 3.63) is 144 Å². The van der Waals surface area contributed by atoms with Crippen LogP contribution in [0.25, 0.3) is 0 Å². The Hall–Kier alpha value is -11.2. The Kier molecular flexibility index (Phi) is 49.9. The number of likely N-dealkylation sites (N-methyl/N-ethyl adjacent to an activating group) is 2. The summed E-state index contributed by atoms with van der Waals surface area (Å²) in [5.41, 5.74) is 19.6. The van der Waals surface area contributed by atoms with E-state index < -0.39 is 137 Å². The number of hydrogen-bond acceptors (Lipinski definition) is 20. The molecule has 16 N–H and O–H groups in total. The third-order valence-corrected chi connectivity index (χ3v) is 20.4. The lowest BCUT2D eigenvalue weighted by Gasteiger charge is -2.32. The van der Waals surface area contributed by atoms with Crippen LogP contribution in [0.2, 0.25) is 0 Å². The van der Waals surface area contributed by atoms with Gasteiger partial charge in [0.05, 0.1) is 24.2 Å². The minimum atomic E-state index is -5.08. The van der Waals surface area contributed by atoms with Gasteiger partial charge < -0.3 is 89.2 Å². The Morgan fingerprint density at radius 1 is 0.453 bits per heavy atom. The van der Waals surface area contributed by atoms with Crippen LogP contribution in [0.1, 0.15) is 202 Å². The number of nitrogens with two attached hydrogens (primary N) is 3. The number of likely N-dealkylation sites (tertiary alicyclic amines) is 2. The molecule has 0 bridgehead atoms. The Morgan fingerprint density at radius 2 is 0.812 bits per heavy atom. The first-order chi connectivity index (χ1) is 60.2. The van der Waals surface area contributed by atoms with Gasteiger partial charge in [-0.1, -0.05) is 149 Å². The number of ether oxygens (including phenoxy) is 2. The van der Waals surface area contributed by atoms with E-state index >= 15 is 0 Å². The zero-order valence-electron chi connectivity index (χ0n) is 76.2. The number of halogens is 3. The molecular weight excluding hydrogens is 1660 g/mol. The van der Waals surface area contributed by atoms with Crippen LogP contribution in [0.5, 0.6) is 0 Å². The molecule has 4 aromatic rings. The number of rotatable bonds is 42. The lowest BCUT2D eigenvalue weighted by molar-refractivity contribution is -0.192. The SMILES string of the molecule is CC(C)C[C@@H](CC(=O)[C@@H](Cc1ccccc1)NC(=O)[C@@H](Cc1ccccc1)NC(=O)OC(C)(C)C)C(=O)N[C@H](CCCCNC(=O)OC(C)(C)C)C(=O)O.CCNC(=O)C(=O)N1CCC(CC(=O)[C@@H](CCCCN)NC(=O)[C@H](CC(=O)[C@@H](Cc2ccccc2)NC(=O)[C@H](N)Cc2ccccc2)CC(C)C)CC1.CCNC(=O)C(=O)N1CCC(N)CC1.O=C(O)C(F)(F)F. The number of amides is 10. The quantitative estimate of drug-likeness (QED) is 0.0146. The highest BCUT2D eigenvalue weighted by molar-refractivity contribution is 6.35. The number of alkyl halides is 3. The number of ketones is 3. The minimum Gasteiger partial charge on any atom is -0.480 e. The second kappa shape index (κ2) is 57.6. The molecule has 0 radical (unpaired) electrons. The third-order valence-electron chi connectivity index (χ3n) is 20.4. The zero-order valence-corrected chi connectivity index (χ0v) is 76.2. The van der Waals surface area contributed by atoms with Crippen molar-refractivity contribution in [2.75, 3.05) is 52.4 Å². The molecule has 0 saturated carbocycles. The molecule has 2 heterocycles. The summed E-state index contributed by atoms with van der Waals surface area (Å²) in [5, 5.41) is 38.7. The summed E-state index contributed by atoms with van der Waals surface area (Å²) in [4.78, 5) is 193. The highest BCUT2D eigenvalue weighted by atomic mass is 19.4. The van der Waals surface area contributed by atoms with E-state index in [9.17, 15) is 85.4 Å². The molecule has 6 rings (SSSR count). The maximum Gasteiger partial charge on any atom is 0.490 e. The van der Waals surface area contributed by atoms with Crippen LogP contribution >= 0.6 is 0 Å². The average molecular weight is 1800 g/mol. The van der Waals surface area contributed by atoms with Crippen LogP contribution in [-0.2, 0) is 97.5 Å². The van der Waals surface area contributed by atoms with Gasteiger partial charge in [0.1, 0.15) is 23.3 Å². The summed E-state index contributed by atoms with van der Waals surface area (Å²) in [6, 6.07) is 31.3. The fourth-order valence-corrected chi connectivity index (χ4v) is 13.9. The molecule has 0 unspecified atom stereocenters. The summed E-state index contributed by atoms with van der Waals surface area (Å²) < 4.78 is 42.4. The van der Waals surface area contributed by atoms with E-state index in [-0.39, 0.29) is 92.8 Å². The molecule has 32 nitrogen and oxygen atoms in total. The fourth-order valence-electron chi connectivity index (χ4n) is 13.9. The monoisotopic (exact) mass is 1800 g/mol. The second-order valence-electron chi connectivity index (χ2n) is 34.9. The van der Waals surface area contributed by atoms with Crippen molar-refractivity contribution in [1.29, 1.82) is 0 Å².